The van der Waals surface area contributed by atoms with Gasteiger partial charge in [-0.1, -0.05) is 20.8 Å². The van der Waals surface area contributed by atoms with Crippen molar-refractivity contribution >= 4 is 19.7 Å². The summed E-state index contributed by atoms with van der Waals surface area (Å²) in [5, 5.41) is 11.3. The van der Waals surface area contributed by atoms with Crippen LogP contribution >= 0.6 is 11.3 Å². The van der Waals surface area contributed by atoms with Crippen molar-refractivity contribution in [3.63, 3.8) is 0 Å². The fourth-order valence-electron chi connectivity index (χ4n) is 0.963. The van der Waals surface area contributed by atoms with Gasteiger partial charge in [0, 0.05) is 0 Å². The average molecular weight is 244 g/mol. The summed E-state index contributed by atoms with van der Waals surface area (Å²) >= 11 is 1.55. The summed E-state index contributed by atoms with van der Waals surface area (Å²) in [6, 6.07) is 1.96. The zero-order chi connectivity index (χ0) is 11.7. The second-order valence-corrected chi connectivity index (χ2v) is 11.0. The second kappa shape index (κ2) is 4.27. The number of aliphatic hydroxyl groups is 1. The van der Waals surface area contributed by atoms with Crippen LogP contribution in [-0.2, 0) is 6.61 Å². The molecule has 1 N–H and O–H groups in total. The molecule has 0 saturated carbocycles. The van der Waals surface area contributed by atoms with Gasteiger partial charge in [-0.15, -0.1) is 11.3 Å². The molecule has 15 heavy (non-hydrogen) atoms. The summed E-state index contributed by atoms with van der Waals surface area (Å²) in [6.45, 7) is 11.1. The maximum atomic E-state index is 9.15. The van der Waals surface area contributed by atoms with E-state index in [1.165, 1.54) is 0 Å². The van der Waals surface area contributed by atoms with Crippen molar-refractivity contribution in [3.8, 4) is 5.75 Å². The van der Waals surface area contributed by atoms with E-state index >= 15 is 0 Å². The quantitative estimate of drug-likeness (QED) is 0.823. The third-order valence-electron chi connectivity index (χ3n) is 3.02. The van der Waals surface area contributed by atoms with Gasteiger partial charge in [0.15, 0.2) is 0 Å². The number of rotatable bonds is 3. The molecule has 86 valence electrons. The summed E-state index contributed by atoms with van der Waals surface area (Å²) in [4.78, 5) is 0.930. The van der Waals surface area contributed by atoms with E-state index in [1.807, 2.05) is 11.4 Å². The summed E-state index contributed by atoms with van der Waals surface area (Å²) in [5.41, 5.74) is 0. The highest BCUT2D eigenvalue weighted by molar-refractivity contribution is 7.10. The summed E-state index contributed by atoms with van der Waals surface area (Å²) in [5.74, 6) is 0.870. The Kier molecular flexibility index (Phi) is 3.63. The molecule has 0 atom stereocenters. The first-order chi connectivity index (χ1) is 6.78. The van der Waals surface area contributed by atoms with E-state index in [2.05, 4.69) is 33.9 Å². The van der Waals surface area contributed by atoms with Crippen LogP contribution in [0.15, 0.2) is 11.4 Å². The molecule has 0 amide bonds. The van der Waals surface area contributed by atoms with Crippen LogP contribution in [0.3, 0.4) is 0 Å². The molecule has 0 bridgehead atoms. The molecule has 0 aromatic carbocycles. The van der Waals surface area contributed by atoms with E-state index in [0.29, 0.717) is 0 Å². The molecule has 0 unspecified atom stereocenters. The number of aliphatic hydroxyl groups excluding tert-OH is 1. The van der Waals surface area contributed by atoms with E-state index in [1.54, 1.807) is 11.3 Å². The van der Waals surface area contributed by atoms with Gasteiger partial charge in [-0.25, -0.2) is 0 Å². The standard InChI is InChI=1S/C11H20O2SSi/c1-11(2,3)15(4,5)13-9-6-7-14-10(9)8-12/h6-7,12H,8H2,1-5H3. The Morgan fingerprint density at radius 2 is 2.00 bits per heavy atom. The molecule has 2 nitrogen and oxygen atoms in total. The molecule has 1 aromatic heterocycles. The third kappa shape index (κ3) is 2.83. The zero-order valence-corrected chi connectivity index (χ0v) is 11.9. The lowest BCUT2D eigenvalue weighted by atomic mass is 10.2. The van der Waals surface area contributed by atoms with E-state index in [4.69, 9.17) is 9.53 Å². The Bertz CT molecular complexity index is 326. The SMILES string of the molecule is CC(C)(C)[Si](C)(C)Oc1ccsc1CO. The Balaban J connectivity index is 2.86. The molecule has 1 heterocycles. The van der Waals surface area contributed by atoms with Crippen LogP contribution < -0.4 is 4.43 Å². The Morgan fingerprint density at radius 3 is 2.47 bits per heavy atom. The third-order valence-corrected chi connectivity index (χ3v) is 8.25. The molecular weight excluding hydrogens is 224 g/mol. The predicted octanol–water partition coefficient (Wildman–Crippen LogP) is 3.62. The van der Waals surface area contributed by atoms with Gasteiger partial charge >= 0.3 is 0 Å². The van der Waals surface area contributed by atoms with Crippen molar-refractivity contribution in [1.82, 2.24) is 0 Å². The molecule has 0 aliphatic heterocycles. The van der Waals surface area contributed by atoms with Crippen molar-refractivity contribution in [1.29, 1.82) is 0 Å². The Hall–Kier alpha value is -0.323. The van der Waals surface area contributed by atoms with Gasteiger partial charge in [0.25, 0.3) is 8.32 Å². The minimum atomic E-state index is -1.76. The van der Waals surface area contributed by atoms with Gasteiger partial charge < -0.3 is 9.53 Å². The number of hydrogen-bond acceptors (Lipinski definition) is 3. The number of thiophene rings is 1. The normalized spacial score (nSPS) is 12.9. The fraction of sp³-hybridized carbons (Fsp3) is 0.636. The zero-order valence-electron chi connectivity index (χ0n) is 10.1. The average Bonchev–Trinajstić information content (AvgIpc) is 2.48. The largest absolute Gasteiger partial charge is 0.543 e. The summed E-state index contributed by atoms with van der Waals surface area (Å²) in [7, 11) is -1.76. The molecule has 0 fully saturated rings. The molecule has 0 aliphatic rings. The summed E-state index contributed by atoms with van der Waals surface area (Å²) in [6.07, 6.45) is 0. The smallest absolute Gasteiger partial charge is 0.250 e. The molecule has 0 aliphatic carbocycles. The molecule has 0 saturated heterocycles. The van der Waals surface area contributed by atoms with Gasteiger partial charge in [0.1, 0.15) is 5.75 Å². The first-order valence-electron chi connectivity index (χ1n) is 5.14. The monoisotopic (exact) mass is 244 g/mol. The molecule has 1 aromatic rings. The van der Waals surface area contributed by atoms with Crippen LogP contribution in [0.5, 0.6) is 5.75 Å². The molecule has 0 spiro atoms. The van der Waals surface area contributed by atoms with Crippen molar-refractivity contribution in [2.75, 3.05) is 0 Å². The molecular formula is C11H20O2SSi. The minimum absolute atomic E-state index is 0.0711. The van der Waals surface area contributed by atoms with Gasteiger partial charge in [0.2, 0.25) is 0 Å². The maximum Gasteiger partial charge on any atom is 0.250 e. The van der Waals surface area contributed by atoms with Crippen molar-refractivity contribution in [2.24, 2.45) is 0 Å². The second-order valence-electron chi connectivity index (χ2n) is 5.23. The van der Waals surface area contributed by atoms with Crippen molar-refractivity contribution in [3.05, 3.63) is 16.3 Å². The van der Waals surface area contributed by atoms with Gasteiger partial charge in [0.05, 0.1) is 11.5 Å². The minimum Gasteiger partial charge on any atom is -0.543 e. The van der Waals surface area contributed by atoms with Crippen molar-refractivity contribution < 1.29 is 9.53 Å². The van der Waals surface area contributed by atoms with Crippen LogP contribution in [0.25, 0.3) is 0 Å². The highest BCUT2D eigenvalue weighted by Gasteiger charge is 2.39. The topological polar surface area (TPSA) is 29.5 Å². The molecule has 4 heteroatoms. The highest BCUT2D eigenvalue weighted by Crippen LogP contribution is 2.39. The van der Waals surface area contributed by atoms with E-state index < -0.39 is 8.32 Å². The van der Waals surface area contributed by atoms with Gasteiger partial charge in [-0.3, -0.25) is 0 Å². The first-order valence-corrected chi connectivity index (χ1v) is 8.93. The van der Waals surface area contributed by atoms with E-state index in [-0.39, 0.29) is 11.6 Å². The lowest BCUT2D eigenvalue weighted by Gasteiger charge is -2.36. The Labute approximate surface area is 97.0 Å². The van der Waals surface area contributed by atoms with Crippen LogP contribution in [0.4, 0.5) is 0 Å². The number of hydrogen-bond donors (Lipinski definition) is 1. The predicted molar refractivity (Wildman–Crippen MR) is 68.1 cm³/mol. The Morgan fingerprint density at radius 1 is 1.40 bits per heavy atom. The van der Waals surface area contributed by atoms with Crippen LogP contribution in [0.2, 0.25) is 18.1 Å². The van der Waals surface area contributed by atoms with Crippen LogP contribution in [-0.4, -0.2) is 13.4 Å². The maximum absolute atomic E-state index is 9.15. The lowest BCUT2D eigenvalue weighted by molar-refractivity contribution is 0.282. The van der Waals surface area contributed by atoms with Crippen LogP contribution in [0.1, 0.15) is 25.6 Å². The van der Waals surface area contributed by atoms with Gasteiger partial charge in [-0.05, 0) is 29.6 Å². The fourth-order valence-corrected chi connectivity index (χ4v) is 2.74. The highest BCUT2D eigenvalue weighted by atomic mass is 32.1. The van der Waals surface area contributed by atoms with E-state index in [9.17, 15) is 0 Å². The summed E-state index contributed by atoms with van der Waals surface area (Å²) < 4.78 is 6.12. The molecule has 0 radical (unpaired) electrons. The first kappa shape index (κ1) is 12.7. The van der Waals surface area contributed by atoms with Crippen LogP contribution in [0, 0.1) is 0 Å². The lowest BCUT2D eigenvalue weighted by Crippen LogP contribution is -2.43. The van der Waals surface area contributed by atoms with E-state index in [0.717, 1.165) is 10.6 Å². The van der Waals surface area contributed by atoms with Crippen molar-refractivity contribution in [2.45, 2.75) is 45.5 Å². The van der Waals surface area contributed by atoms with Gasteiger partial charge in [-0.2, -0.15) is 0 Å². The molecule has 1 rings (SSSR count).